The number of sulfonamides is 1. The summed E-state index contributed by atoms with van der Waals surface area (Å²) in [5.74, 6) is 0.0701. The Bertz CT molecular complexity index is 657. The van der Waals surface area contributed by atoms with Crippen LogP contribution in [0.1, 0.15) is 32.1 Å². The number of rotatable bonds is 6. The number of hydrogen-bond donors (Lipinski definition) is 2. The molecule has 128 valence electrons. The molecule has 1 aromatic carbocycles. The third-order valence-electron chi connectivity index (χ3n) is 3.83. The molecule has 0 heterocycles. The van der Waals surface area contributed by atoms with E-state index < -0.39 is 10.0 Å². The molecule has 23 heavy (non-hydrogen) atoms. The number of methoxy groups -OCH3 is 1. The zero-order valence-corrected chi connectivity index (χ0v) is 14.5. The summed E-state index contributed by atoms with van der Waals surface area (Å²) in [5, 5.41) is 3.06. The minimum atomic E-state index is -3.79. The van der Waals surface area contributed by atoms with Crippen molar-refractivity contribution < 1.29 is 17.9 Å². The van der Waals surface area contributed by atoms with Gasteiger partial charge in [-0.25, -0.2) is 13.1 Å². The van der Waals surface area contributed by atoms with Crippen LogP contribution in [0.15, 0.2) is 23.1 Å². The van der Waals surface area contributed by atoms with E-state index in [1.165, 1.54) is 31.7 Å². The van der Waals surface area contributed by atoms with Crippen LogP contribution in [-0.2, 0) is 14.8 Å². The topological polar surface area (TPSA) is 84.5 Å². The van der Waals surface area contributed by atoms with Crippen molar-refractivity contribution in [1.82, 2.24) is 10.0 Å². The second-order valence-electron chi connectivity index (χ2n) is 5.52. The monoisotopic (exact) mass is 360 g/mol. The zero-order valence-electron chi connectivity index (χ0n) is 13.0. The fraction of sp³-hybridized carbons (Fsp3) is 0.533. The number of benzene rings is 1. The van der Waals surface area contributed by atoms with E-state index in [0.29, 0.717) is 5.75 Å². The maximum atomic E-state index is 12.2. The number of ether oxygens (including phenoxy) is 1. The van der Waals surface area contributed by atoms with Crippen molar-refractivity contribution in [2.45, 2.75) is 43.0 Å². The highest BCUT2D eigenvalue weighted by Crippen LogP contribution is 2.26. The first kappa shape index (κ1) is 18.0. The smallest absolute Gasteiger partial charge is 0.241 e. The van der Waals surface area contributed by atoms with Gasteiger partial charge in [0.2, 0.25) is 15.9 Å². The first-order valence-electron chi connectivity index (χ1n) is 7.55. The molecule has 1 aliphatic carbocycles. The largest absolute Gasteiger partial charge is 0.495 e. The molecule has 2 rings (SSSR count). The molecule has 0 aliphatic heterocycles. The molecule has 6 nitrogen and oxygen atoms in total. The van der Waals surface area contributed by atoms with Crippen LogP contribution in [0.5, 0.6) is 5.75 Å². The van der Waals surface area contributed by atoms with Gasteiger partial charge in [-0.1, -0.05) is 30.9 Å². The molecule has 1 amide bonds. The third-order valence-corrected chi connectivity index (χ3v) is 5.52. The number of hydrogen-bond acceptors (Lipinski definition) is 4. The molecular weight excluding hydrogens is 340 g/mol. The minimum Gasteiger partial charge on any atom is -0.495 e. The maximum Gasteiger partial charge on any atom is 0.241 e. The Kier molecular flexibility index (Phi) is 6.26. The zero-order chi connectivity index (χ0) is 16.9. The Hall–Kier alpha value is -1.31. The molecule has 0 atom stereocenters. The third kappa shape index (κ3) is 5.09. The lowest BCUT2D eigenvalue weighted by atomic mass is 9.95. The van der Waals surface area contributed by atoms with E-state index in [2.05, 4.69) is 10.0 Å². The summed E-state index contributed by atoms with van der Waals surface area (Å²) >= 11 is 5.93. The van der Waals surface area contributed by atoms with Gasteiger partial charge in [0, 0.05) is 6.04 Å². The molecule has 2 N–H and O–H groups in total. The van der Waals surface area contributed by atoms with Gasteiger partial charge >= 0.3 is 0 Å². The van der Waals surface area contributed by atoms with E-state index >= 15 is 0 Å². The molecule has 0 aromatic heterocycles. The van der Waals surface area contributed by atoms with E-state index in [0.717, 1.165) is 25.7 Å². The highest BCUT2D eigenvalue weighted by Gasteiger charge is 2.19. The molecule has 1 aliphatic rings. The van der Waals surface area contributed by atoms with Crippen molar-refractivity contribution >= 4 is 27.5 Å². The molecule has 8 heteroatoms. The first-order valence-corrected chi connectivity index (χ1v) is 9.41. The van der Waals surface area contributed by atoms with Gasteiger partial charge in [-0.15, -0.1) is 0 Å². The summed E-state index contributed by atoms with van der Waals surface area (Å²) in [6.45, 7) is -0.289. The van der Waals surface area contributed by atoms with E-state index in [1.807, 2.05) is 0 Å². The molecule has 1 aromatic rings. The molecular formula is C15H21ClN2O4S. The minimum absolute atomic E-state index is 0.00577. The second kappa shape index (κ2) is 7.99. The highest BCUT2D eigenvalue weighted by atomic mass is 35.5. The van der Waals surface area contributed by atoms with Crippen LogP contribution in [0.3, 0.4) is 0 Å². The van der Waals surface area contributed by atoms with Crippen molar-refractivity contribution in [3.05, 3.63) is 23.2 Å². The van der Waals surface area contributed by atoms with Gasteiger partial charge in [-0.3, -0.25) is 4.79 Å². The van der Waals surface area contributed by atoms with Gasteiger partial charge in [0.25, 0.3) is 0 Å². The van der Waals surface area contributed by atoms with Crippen molar-refractivity contribution in [1.29, 1.82) is 0 Å². The SMILES string of the molecule is COc1ccc(S(=O)(=O)NCC(=O)NC2CCCCC2)cc1Cl. The molecule has 0 spiro atoms. The number of carbonyl (C=O) groups is 1. The van der Waals surface area contributed by atoms with Crippen LogP contribution in [0, 0.1) is 0 Å². The molecule has 0 saturated heterocycles. The van der Waals surface area contributed by atoms with Crippen molar-refractivity contribution in [3.8, 4) is 5.75 Å². The Morgan fingerprint density at radius 1 is 1.30 bits per heavy atom. The lowest BCUT2D eigenvalue weighted by Crippen LogP contribution is -2.42. The van der Waals surface area contributed by atoms with Gasteiger partial charge in [0.1, 0.15) is 5.75 Å². The van der Waals surface area contributed by atoms with Crippen LogP contribution < -0.4 is 14.8 Å². The fourth-order valence-electron chi connectivity index (χ4n) is 2.58. The normalized spacial score (nSPS) is 16.1. The van der Waals surface area contributed by atoms with Crippen LogP contribution in [-0.4, -0.2) is 34.0 Å². The van der Waals surface area contributed by atoms with Gasteiger partial charge in [-0.05, 0) is 31.0 Å². The molecule has 1 fully saturated rings. The number of amides is 1. The maximum absolute atomic E-state index is 12.2. The van der Waals surface area contributed by atoms with Crippen molar-refractivity contribution in [3.63, 3.8) is 0 Å². The molecule has 0 unspecified atom stereocenters. The Labute approximate surface area is 141 Å². The van der Waals surface area contributed by atoms with Crippen LogP contribution >= 0.6 is 11.6 Å². The van der Waals surface area contributed by atoms with Crippen molar-refractivity contribution in [2.75, 3.05) is 13.7 Å². The predicted molar refractivity (Wildman–Crippen MR) is 88.2 cm³/mol. The second-order valence-corrected chi connectivity index (χ2v) is 7.70. The quantitative estimate of drug-likeness (QED) is 0.813. The molecule has 1 saturated carbocycles. The summed E-state index contributed by atoms with van der Waals surface area (Å²) in [5.41, 5.74) is 0. The fourth-order valence-corrected chi connectivity index (χ4v) is 3.91. The summed E-state index contributed by atoms with van der Waals surface area (Å²) in [6, 6.07) is 4.29. The average Bonchev–Trinajstić information content (AvgIpc) is 2.54. The van der Waals surface area contributed by atoms with Crippen LogP contribution in [0.4, 0.5) is 0 Å². The van der Waals surface area contributed by atoms with E-state index in [1.54, 1.807) is 0 Å². The van der Waals surface area contributed by atoms with Crippen LogP contribution in [0.2, 0.25) is 5.02 Å². The summed E-state index contributed by atoms with van der Waals surface area (Å²) in [6.07, 6.45) is 5.29. The molecule has 0 bridgehead atoms. The number of halogens is 1. The van der Waals surface area contributed by atoms with E-state index in [4.69, 9.17) is 16.3 Å². The van der Waals surface area contributed by atoms with Gasteiger partial charge in [-0.2, -0.15) is 0 Å². The van der Waals surface area contributed by atoms with Crippen LogP contribution in [0.25, 0.3) is 0 Å². The lowest BCUT2D eigenvalue weighted by molar-refractivity contribution is -0.120. The van der Waals surface area contributed by atoms with Gasteiger partial charge in [0.05, 0.1) is 23.6 Å². The lowest BCUT2D eigenvalue weighted by Gasteiger charge is -2.22. The number of carbonyl (C=O) groups excluding carboxylic acids is 1. The molecule has 0 radical (unpaired) electrons. The van der Waals surface area contributed by atoms with Gasteiger partial charge in [0.15, 0.2) is 0 Å². The summed E-state index contributed by atoms with van der Waals surface area (Å²) < 4.78 is 31.7. The van der Waals surface area contributed by atoms with Gasteiger partial charge < -0.3 is 10.1 Å². The standard InChI is InChI=1S/C15H21ClN2O4S/c1-22-14-8-7-12(9-13(14)16)23(20,21)17-10-15(19)18-11-5-3-2-4-6-11/h7-9,11,17H,2-6,10H2,1H3,(H,18,19). The summed E-state index contributed by atoms with van der Waals surface area (Å²) in [4.78, 5) is 11.9. The Balaban J connectivity index is 1.92. The van der Waals surface area contributed by atoms with Crippen molar-refractivity contribution in [2.24, 2.45) is 0 Å². The first-order chi connectivity index (χ1) is 10.9. The highest BCUT2D eigenvalue weighted by molar-refractivity contribution is 7.89. The average molecular weight is 361 g/mol. The summed E-state index contributed by atoms with van der Waals surface area (Å²) in [7, 11) is -2.35. The Morgan fingerprint density at radius 3 is 2.61 bits per heavy atom. The number of nitrogens with one attached hydrogen (secondary N) is 2. The van der Waals surface area contributed by atoms with E-state index in [9.17, 15) is 13.2 Å². The Morgan fingerprint density at radius 2 is 2.00 bits per heavy atom. The predicted octanol–water partition coefficient (Wildman–Crippen LogP) is 2.08. The van der Waals surface area contributed by atoms with E-state index in [-0.39, 0.29) is 28.4 Å².